The smallest absolute Gasteiger partial charge is 0.357 e. The van der Waals surface area contributed by atoms with Crippen molar-refractivity contribution in [3.05, 3.63) is 76.6 Å². The first kappa shape index (κ1) is 30.0. The van der Waals surface area contributed by atoms with E-state index >= 15 is 0 Å². The lowest BCUT2D eigenvalue weighted by Crippen LogP contribution is -2.74. The molecule has 6 rings (SSSR count). The Balaban J connectivity index is 0.00000353. The summed E-state index contributed by atoms with van der Waals surface area (Å²) in [5.74, 6) is -2.97. The lowest BCUT2D eigenvalue weighted by molar-refractivity contribution is -0.177. The van der Waals surface area contributed by atoms with E-state index in [1.165, 1.54) is 0 Å². The first-order chi connectivity index (χ1) is 19.6. The van der Waals surface area contributed by atoms with Crippen LogP contribution in [0.25, 0.3) is 0 Å². The summed E-state index contributed by atoms with van der Waals surface area (Å²) < 4.78 is 17.7. The summed E-state index contributed by atoms with van der Waals surface area (Å²) in [4.78, 5) is 39.3. The first-order valence-corrected chi connectivity index (χ1v) is 13.5. The van der Waals surface area contributed by atoms with Gasteiger partial charge in [-0.15, -0.1) is 12.4 Å². The largest absolute Gasteiger partial charge is 0.481 e. The number of hydrogen-bond donors (Lipinski definition) is 4. The number of esters is 2. The highest BCUT2D eigenvalue weighted by molar-refractivity contribution is 5.85. The maximum absolute atomic E-state index is 13.6. The Hall–Kier alpha value is -3.48. The number of nitrogens with zero attached hydrogens (tertiary/aromatic N) is 1. The van der Waals surface area contributed by atoms with E-state index in [0.717, 1.165) is 11.1 Å². The monoisotopic (exact) mass is 601 g/mol. The highest BCUT2D eigenvalue weighted by atomic mass is 35.5. The molecule has 4 N–H and O–H groups in total. The molecule has 0 radical (unpaired) electrons. The predicted octanol–water partition coefficient (Wildman–Crippen LogP) is 1.54. The lowest BCUT2D eigenvalue weighted by Gasteiger charge is -2.61. The van der Waals surface area contributed by atoms with Gasteiger partial charge in [-0.2, -0.15) is 0 Å². The molecule has 1 fully saturated rings. The fourth-order valence-electron chi connectivity index (χ4n) is 7.11. The number of carbonyl (C=O) groups is 3. The molecule has 0 aromatic heterocycles. The summed E-state index contributed by atoms with van der Waals surface area (Å²) in [7, 11) is 1.98. The topological polar surface area (TPSA) is 163 Å². The van der Waals surface area contributed by atoms with E-state index in [1.807, 2.05) is 19.2 Å². The third kappa shape index (κ3) is 4.38. The Morgan fingerprint density at radius 2 is 1.90 bits per heavy atom. The lowest BCUT2D eigenvalue weighted by atomic mass is 9.50. The van der Waals surface area contributed by atoms with E-state index in [-0.39, 0.29) is 37.2 Å². The van der Waals surface area contributed by atoms with Crippen molar-refractivity contribution in [1.82, 2.24) is 4.90 Å². The van der Waals surface area contributed by atoms with Crippen LogP contribution in [0.15, 0.2) is 54.3 Å². The van der Waals surface area contributed by atoms with Crippen molar-refractivity contribution in [3.8, 4) is 5.75 Å². The number of carboxylic acid groups (broad SMARTS) is 1. The van der Waals surface area contributed by atoms with Crippen LogP contribution < -0.4 is 4.74 Å². The van der Waals surface area contributed by atoms with E-state index in [1.54, 1.807) is 36.4 Å². The molecule has 2 bridgehead atoms. The normalized spacial score (nSPS) is 28.2. The van der Waals surface area contributed by atoms with Crippen LogP contribution in [-0.4, -0.2) is 80.7 Å². The number of aliphatic carboxylic acids is 1. The van der Waals surface area contributed by atoms with E-state index < -0.39 is 53.7 Å². The second-order valence-electron chi connectivity index (χ2n) is 11.2. The van der Waals surface area contributed by atoms with Gasteiger partial charge in [0.2, 0.25) is 6.10 Å². The van der Waals surface area contributed by atoms with Gasteiger partial charge < -0.3 is 39.5 Å². The van der Waals surface area contributed by atoms with E-state index in [4.69, 9.17) is 19.3 Å². The summed E-state index contributed by atoms with van der Waals surface area (Å²) in [5, 5.41) is 41.0. The van der Waals surface area contributed by atoms with Gasteiger partial charge in [-0.3, -0.25) is 4.79 Å². The van der Waals surface area contributed by atoms with Crippen molar-refractivity contribution in [2.75, 3.05) is 13.6 Å². The molecule has 0 saturated carbocycles. The average Bonchev–Trinajstić information content (AvgIpc) is 3.31. The average molecular weight is 602 g/mol. The quantitative estimate of drug-likeness (QED) is 0.325. The van der Waals surface area contributed by atoms with Gasteiger partial charge in [-0.05, 0) is 38.1 Å². The van der Waals surface area contributed by atoms with E-state index in [9.17, 15) is 29.7 Å². The molecule has 224 valence electrons. The van der Waals surface area contributed by atoms with Crippen LogP contribution >= 0.6 is 12.4 Å². The number of halogens is 1. The SMILES string of the molecule is CN1CC[C@]23c4c5ccc(CO)c4O[C@H]2C(OC(=O)[C@@H](OC(=O)C[C@H](O)C(=O)O)c2ccccc2)=CC[C@@]3(O)[C@H]1C5.Cl. The summed E-state index contributed by atoms with van der Waals surface area (Å²) in [6.07, 6.45) is -2.30. The maximum Gasteiger partial charge on any atom is 0.357 e. The minimum atomic E-state index is -1.99. The number of rotatable bonds is 8. The van der Waals surface area contributed by atoms with E-state index in [0.29, 0.717) is 36.3 Å². The number of benzene rings is 2. The fraction of sp³-hybridized carbons (Fsp3) is 0.433. The number of hydrogen-bond acceptors (Lipinski definition) is 10. The van der Waals surface area contributed by atoms with Crippen LogP contribution in [0, 0.1) is 0 Å². The number of aliphatic hydroxyl groups is 3. The Kier molecular flexibility index (Phi) is 7.84. The molecule has 4 aliphatic rings. The van der Waals surface area contributed by atoms with Crippen molar-refractivity contribution >= 4 is 30.3 Å². The second-order valence-corrected chi connectivity index (χ2v) is 11.2. The third-order valence-corrected chi connectivity index (χ3v) is 9.06. The number of likely N-dealkylation sites (N-methyl/N-ethyl adjacent to an activating group) is 1. The van der Waals surface area contributed by atoms with Gasteiger partial charge in [0, 0.05) is 29.2 Å². The maximum atomic E-state index is 13.6. The molecule has 2 aromatic rings. The Labute approximate surface area is 247 Å². The van der Waals surface area contributed by atoms with Gasteiger partial charge in [0.1, 0.15) is 11.5 Å². The van der Waals surface area contributed by atoms with Crippen molar-refractivity contribution < 1.29 is 49.0 Å². The van der Waals surface area contributed by atoms with Crippen LogP contribution in [-0.2, 0) is 42.3 Å². The molecule has 11 nitrogen and oxygen atoms in total. The van der Waals surface area contributed by atoms with Crippen LogP contribution in [0.5, 0.6) is 5.75 Å². The predicted molar refractivity (Wildman–Crippen MR) is 148 cm³/mol. The number of carbonyl (C=O) groups excluding carboxylic acids is 2. The van der Waals surface area contributed by atoms with Crippen LogP contribution in [0.4, 0.5) is 0 Å². The van der Waals surface area contributed by atoms with Gasteiger partial charge in [0.25, 0.3) is 0 Å². The standard InChI is InChI=1S/C30H31NO10.ClH/c1-31-12-11-29-23-17-7-8-18(15-32)24(23)41-26(29)20(9-10-30(29,38)21(31)13-17)39-28(37)25(16-5-3-2-4-6-16)40-22(34)14-19(33)27(35)36;/h2-9,19,21,25-26,32-33,38H,10-15H2,1H3,(H,35,36);1H/t19-,21+,25-,26-,29-,30+;/m0./s1. The molecule has 1 saturated heterocycles. The van der Waals surface area contributed by atoms with Gasteiger partial charge in [0.05, 0.1) is 24.0 Å². The third-order valence-electron chi connectivity index (χ3n) is 9.06. The number of ether oxygens (including phenoxy) is 3. The highest BCUT2D eigenvalue weighted by Crippen LogP contribution is 2.64. The molecule has 0 amide bonds. The summed E-state index contributed by atoms with van der Waals surface area (Å²) in [6.45, 7) is 0.409. The fourth-order valence-corrected chi connectivity index (χ4v) is 7.11. The van der Waals surface area contributed by atoms with Crippen molar-refractivity contribution in [3.63, 3.8) is 0 Å². The minimum Gasteiger partial charge on any atom is -0.481 e. The zero-order chi connectivity index (χ0) is 29.1. The molecule has 2 aliphatic carbocycles. The molecule has 0 unspecified atom stereocenters. The highest BCUT2D eigenvalue weighted by Gasteiger charge is 2.72. The van der Waals surface area contributed by atoms with Crippen molar-refractivity contribution in [2.45, 2.75) is 67.7 Å². The molecule has 6 atom stereocenters. The number of piperidine rings is 1. The molecular formula is C30H32ClNO10. The molecule has 12 heteroatoms. The Morgan fingerprint density at radius 1 is 1.17 bits per heavy atom. The number of carboxylic acids is 1. The van der Waals surface area contributed by atoms with Crippen molar-refractivity contribution in [1.29, 1.82) is 0 Å². The van der Waals surface area contributed by atoms with Gasteiger partial charge in [-0.1, -0.05) is 42.5 Å². The summed E-state index contributed by atoms with van der Waals surface area (Å²) >= 11 is 0. The summed E-state index contributed by atoms with van der Waals surface area (Å²) in [5.41, 5.74) is 0.585. The van der Waals surface area contributed by atoms with Gasteiger partial charge in [0.15, 0.2) is 12.2 Å². The van der Waals surface area contributed by atoms with Gasteiger partial charge in [-0.25, -0.2) is 9.59 Å². The van der Waals surface area contributed by atoms with Crippen molar-refractivity contribution in [2.24, 2.45) is 0 Å². The zero-order valence-corrected chi connectivity index (χ0v) is 23.6. The molecule has 2 aliphatic heterocycles. The van der Waals surface area contributed by atoms with Crippen LogP contribution in [0.2, 0.25) is 0 Å². The molecule has 2 aromatic carbocycles. The Morgan fingerprint density at radius 3 is 2.60 bits per heavy atom. The Bertz CT molecular complexity index is 1450. The zero-order valence-electron chi connectivity index (χ0n) is 22.8. The molecule has 42 heavy (non-hydrogen) atoms. The molecule has 1 spiro atoms. The second kappa shape index (κ2) is 11.0. The molecule has 2 heterocycles. The summed E-state index contributed by atoms with van der Waals surface area (Å²) in [6, 6.07) is 11.7. The number of aliphatic hydroxyl groups excluding tert-OH is 2. The van der Waals surface area contributed by atoms with E-state index in [2.05, 4.69) is 4.90 Å². The number of likely N-dealkylation sites (tertiary alicyclic amines) is 1. The van der Waals surface area contributed by atoms with Gasteiger partial charge >= 0.3 is 17.9 Å². The van der Waals surface area contributed by atoms with Crippen LogP contribution in [0.3, 0.4) is 0 Å². The molecular weight excluding hydrogens is 570 g/mol. The minimum absolute atomic E-state index is 0. The first-order valence-electron chi connectivity index (χ1n) is 13.5. The van der Waals surface area contributed by atoms with Crippen LogP contribution in [0.1, 0.15) is 47.6 Å².